The number of carbonyl (C=O) groups excluding carboxylic acids is 2. The second-order valence-electron chi connectivity index (χ2n) is 9.23. The monoisotopic (exact) mass is 535 g/mol. The summed E-state index contributed by atoms with van der Waals surface area (Å²) in [5.74, 6) is -0.358. The highest BCUT2D eigenvalue weighted by Gasteiger charge is 2.19. The maximum Gasteiger partial charge on any atom is 0.251 e. The molecule has 7 nitrogen and oxygen atoms in total. The number of carbonyl (C=O) groups is 2. The molecule has 0 aliphatic carbocycles. The van der Waals surface area contributed by atoms with Crippen LogP contribution in [0.1, 0.15) is 60.7 Å². The first-order valence-electron chi connectivity index (χ1n) is 12.6. The quantitative estimate of drug-likeness (QED) is 0.276. The number of methoxy groups -OCH3 is 1. The van der Waals surface area contributed by atoms with Gasteiger partial charge in [-0.3, -0.25) is 9.59 Å². The Labute approximate surface area is 224 Å². The van der Waals surface area contributed by atoms with Gasteiger partial charge in [-0.1, -0.05) is 30.7 Å². The predicted octanol–water partition coefficient (Wildman–Crippen LogP) is 4.49. The molecule has 2 amide bonds. The molecule has 0 aromatic heterocycles. The zero-order chi connectivity index (χ0) is 27.2. The van der Waals surface area contributed by atoms with Gasteiger partial charge in [0.2, 0.25) is 5.91 Å². The Bertz CT molecular complexity index is 987. The van der Waals surface area contributed by atoms with Gasteiger partial charge in [0.25, 0.3) is 5.91 Å². The lowest BCUT2D eigenvalue weighted by Gasteiger charge is -2.22. The van der Waals surface area contributed by atoms with E-state index in [9.17, 15) is 14.0 Å². The van der Waals surface area contributed by atoms with Crippen molar-refractivity contribution in [2.24, 2.45) is 5.92 Å². The van der Waals surface area contributed by atoms with E-state index in [4.69, 9.17) is 21.1 Å². The van der Waals surface area contributed by atoms with Gasteiger partial charge in [-0.25, -0.2) is 4.39 Å². The summed E-state index contributed by atoms with van der Waals surface area (Å²) in [5, 5.41) is 9.22. The molecule has 2 rings (SSSR count). The number of benzene rings is 2. The van der Waals surface area contributed by atoms with Crippen LogP contribution in [0.5, 0.6) is 0 Å². The highest BCUT2D eigenvalue weighted by molar-refractivity contribution is 6.30. The van der Waals surface area contributed by atoms with Gasteiger partial charge in [0.1, 0.15) is 11.9 Å². The van der Waals surface area contributed by atoms with E-state index < -0.39 is 11.9 Å². The average Bonchev–Trinajstić information content (AvgIpc) is 2.85. The van der Waals surface area contributed by atoms with Crippen molar-refractivity contribution in [3.05, 3.63) is 70.0 Å². The third kappa shape index (κ3) is 11.2. The van der Waals surface area contributed by atoms with Crippen LogP contribution in [-0.2, 0) is 14.3 Å². The first-order valence-corrected chi connectivity index (χ1v) is 13.0. The zero-order valence-corrected chi connectivity index (χ0v) is 22.9. The van der Waals surface area contributed by atoms with Gasteiger partial charge in [0.15, 0.2) is 0 Å². The number of ether oxygens (including phenoxy) is 2. The topological polar surface area (TPSA) is 88.7 Å². The standard InChI is InChI=1S/C28H39ClFN3O4/c1-19(7-6-11-36-4)13-26(31-3)18-33-28(35)22-9-5-8-21(14-22)27(37-12-10-32-20(2)34)23-15-24(29)17-25(30)16-23/h5,8-9,14-17,19,26-27,31H,6-7,10-13,18H2,1-4H3,(H,32,34)(H,33,35)/t19-,26?,27?/m1/s1. The maximum atomic E-state index is 14.1. The Morgan fingerprint density at radius 2 is 1.86 bits per heavy atom. The molecule has 0 heterocycles. The number of halogens is 2. The van der Waals surface area contributed by atoms with Gasteiger partial charge >= 0.3 is 0 Å². The van der Waals surface area contributed by atoms with E-state index in [1.54, 1.807) is 31.4 Å². The van der Waals surface area contributed by atoms with Crippen molar-refractivity contribution in [2.75, 3.05) is 40.5 Å². The van der Waals surface area contributed by atoms with Crippen LogP contribution in [0.25, 0.3) is 0 Å². The summed E-state index contributed by atoms with van der Waals surface area (Å²) in [6, 6.07) is 11.4. The minimum atomic E-state index is -0.673. The average molecular weight is 536 g/mol. The molecule has 204 valence electrons. The Hall–Kier alpha value is -2.52. The smallest absolute Gasteiger partial charge is 0.251 e. The summed E-state index contributed by atoms with van der Waals surface area (Å²) in [7, 11) is 3.60. The Balaban J connectivity index is 2.11. The molecule has 2 aromatic rings. The van der Waals surface area contributed by atoms with Gasteiger partial charge in [-0.2, -0.15) is 0 Å². The van der Waals surface area contributed by atoms with Crippen molar-refractivity contribution < 1.29 is 23.5 Å². The van der Waals surface area contributed by atoms with E-state index in [-0.39, 0.29) is 29.5 Å². The third-order valence-corrected chi connectivity index (χ3v) is 6.27. The SMILES string of the molecule is CNC(CNC(=O)c1cccc(C(OCCNC(C)=O)c2cc(F)cc(Cl)c2)c1)C[C@H](C)CCCOC. The van der Waals surface area contributed by atoms with Crippen LogP contribution in [0.4, 0.5) is 4.39 Å². The largest absolute Gasteiger partial charge is 0.385 e. The molecule has 3 N–H and O–H groups in total. The molecule has 37 heavy (non-hydrogen) atoms. The second-order valence-corrected chi connectivity index (χ2v) is 9.67. The van der Waals surface area contributed by atoms with Gasteiger partial charge in [0, 0.05) is 50.4 Å². The van der Waals surface area contributed by atoms with E-state index in [2.05, 4.69) is 22.9 Å². The molecular weight excluding hydrogens is 497 g/mol. The van der Waals surface area contributed by atoms with Crippen molar-refractivity contribution in [3.8, 4) is 0 Å². The summed E-state index contributed by atoms with van der Waals surface area (Å²) >= 11 is 6.09. The second kappa shape index (κ2) is 16.3. The first-order chi connectivity index (χ1) is 17.7. The Morgan fingerprint density at radius 1 is 1.08 bits per heavy atom. The number of amides is 2. The molecule has 0 radical (unpaired) electrons. The zero-order valence-electron chi connectivity index (χ0n) is 22.1. The van der Waals surface area contributed by atoms with E-state index >= 15 is 0 Å². The van der Waals surface area contributed by atoms with Crippen molar-refractivity contribution >= 4 is 23.4 Å². The number of hydrogen-bond acceptors (Lipinski definition) is 5. The molecule has 0 saturated heterocycles. The molecule has 9 heteroatoms. The molecule has 0 aliphatic rings. The van der Waals surface area contributed by atoms with Crippen molar-refractivity contribution in [3.63, 3.8) is 0 Å². The highest BCUT2D eigenvalue weighted by atomic mass is 35.5. The molecule has 0 saturated carbocycles. The fraction of sp³-hybridized carbons (Fsp3) is 0.500. The first kappa shape index (κ1) is 30.7. The summed E-state index contributed by atoms with van der Waals surface area (Å²) in [6.45, 7) is 5.36. The van der Waals surface area contributed by atoms with Gasteiger partial charge in [-0.15, -0.1) is 0 Å². The summed E-state index contributed by atoms with van der Waals surface area (Å²) < 4.78 is 25.3. The van der Waals surface area contributed by atoms with Crippen molar-refractivity contribution in [1.82, 2.24) is 16.0 Å². The van der Waals surface area contributed by atoms with Crippen LogP contribution in [-0.4, -0.2) is 58.3 Å². The van der Waals surface area contributed by atoms with E-state index in [1.165, 1.54) is 19.1 Å². The number of nitrogens with one attached hydrogen (secondary N) is 3. The fourth-order valence-corrected chi connectivity index (χ4v) is 4.39. The lowest BCUT2D eigenvalue weighted by atomic mass is 9.96. The number of hydrogen-bond donors (Lipinski definition) is 3. The third-order valence-electron chi connectivity index (χ3n) is 6.05. The molecular formula is C28H39ClFN3O4. The van der Waals surface area contributed by atoms with Gasteiger partial charge in [0.05, 0.1) is 6.61 Å². The van der Waals surface area contributed by atoms with Crippen LogP contribution < -0.4 is 16.0 Å². The van der Waals surface area contributed by atoms with Gasteiger partial charge in [-0.05, 0) is 73.7 Å². The summed E-state index contributed by atoms with van der Waals surface area (Å²) in [5.41, 5.74) is 1.66. The lowest BCUT2D eigenvalue weighted by molar-refractivity contribution is -0.119. The van der Waals surface area contributed by atoms with Crippen molar-refractivity contribution in [1.29, 1.82) is 0 Å². The normalized spacial score (nSPS) is 13.6. The van der Waals surface area contributed by atoms with Crippen LogP contribution in [0.3, 0.4) is 0 Å². The number of likely N-dealkylation sites (N-methyl/N-ethyl adjacent to an activating group) is 1. The van der Waals surface area contributed by atoms with Crippen LogP contribution in [0, 0.1) is 11.7 Å². The van der Waals surface area contributed by atoms with Crippen molar-refractivity contribution in [2.45, 2.75) is 45.3 Å². The lowest BCUT2D eigenvalue weighted by Crippen LogP contribution is -2.40. The van der Waals surface area contributed by atoms with E-state index in [1.807, 2.05) is 13.1 Å². The molecule has 2 aromatic carbocycles. The molecule has 0 fully saturated rings. The van der Waals surface area contributed by atoms with Crippen LogP contribution >= 0.6 is 11.6 Å². The predicted molar refractivity (Wildman–Crippen MR) is 144 cm³/mol. The van der Waals surface area contributed by atoms with Crippen LogP contribution in [0.2, 0.25) is 5.02 Å². The summed E-state index contributed by atoms with van der Waals surface area (Å²) in [4.78, 5) is 24.2. The molecule has 0 bridgehead atoms. The highest BCUT2D eigenvalue weighted by Crippen LogP contribution is 2.29. The Kier molecular flexibility index (Phi) is 13.6. The number of rotatable bonds is 16. The fourth-order valence-electron chi connectivity index (χ4n) is 4.16. The molecule has 3 atom stereocenters. The minimum Gasteiger partial charge on any atom is -0.385 e. The minimum absolute atomic E-state index is 0.143. The van der Waals surface area contributed by atoms with E-state index in [0.29, 0.717) is 35.7 Å². The molecule has 2 unspecified atom stereocenters. The van der Waals surface area contributed by atoms with E-state index in [0.717, 1.165) is 25.9 Å². The molecule has 0 aliphatic heterocycles. The van der Waals surface area contributed by atoms with Gasteiger partial charge < -0.3 is 25.4 Å². The molecule has 0 spiro atoms. The summed E-state index contributed by atoms with van der Waals surface area (Å²) in [6.07, 6.45) is 2.34. The Morgan fingerprint density at radius 3 is 2.54 bits per heavy atom. The maximum absolute atomic E-state index is 14.1. The van der Waals surface area contributed by atoms with Crippen LogP contribution in [0.15, 0.2) is 42.5 Å².